The fourth-order valence-electron chi connectivity index (χ4n) is 2.88. The maximum atomic E-state index is 11.2. The SMILES string of the molecule is O=[15N+]([O-])c1ccc2ccc3cccc4ccc1c2c34. The van der Waals surface area contributed by atoms with Crippen molar-refractivity contribution in [3.63, 3.8) is 0 Å². The summed E-state index contributed by atoms with van der Waals surface area (Å²) in [5, 5.41) is 17.3. The molecule has 0 amide bonds. The first-order valence-corrected chi connectivity index (χ1v) is 6.06. The summed E-state index contributed by atoms with van der Waals surface area (Å²) < 4.78 is 0. The Balaban J connectivity index is 2.38. The summed E-state index contributed by atoms with van der Waals surface area (Å²) in [6.45, 7) is 0. The molecule has 3 heteroatoms. The number of hydrogen-bond donors (Lipinski definition) is 0. The van der Waals surface area contributed by atoms with Gasteiger partial charge in [0, 0.05) is 11.5 Å². The van der Waals surface area contributed by atoms with Crippen LogP contribution >= 0.6 is 0 Å². The van der Waals surface area contributed by atoms with Gasteiger partial charge in [0.25, 0.3) is 5.69 Å². The minimum absolute atomic E-state index is 0.172. The van der Waals surface area contributed by atoms with Crippen LogP contribution in [0.4, 0.5) is 5.69 Å². The van der Waals surface area contributed by atoms with Crippen molar-refractivity contribution in [2.24, 2.45) is 0 Å². The van der Waals surface area contributed by atoms with Crippen LogP contribution in [0, 0.1) is 10.1 Å². The smallest absolute Gasteiger partial charge is 0.258 e. The molecule has 0 bridgehead atoms. The maximum absolute atomic E-state index is 11.2. The molecule has 0 fully saturated rings. The van der Waals surface area contributed by atoms with Crippen molar-refractivity contribution in [3.8, 4) is 0 Å². The first-order chi connectivity index (χ1) is 9.25. The number of rotatable bonds is 1. The zero-order chi connectivity index (χ0) is 13.0. The summed E-state index contributed by atoms with van der Waals surface area (Å²) in [5.74, 6) is 0. The molecule has 3 nitrogen and oxygen atoms in total. The van der Waals surface area contributed by atoms with E-state index in [9.17, 15) is 10.1 Å². The third-order valence-electron chi connectivity index (χ3n) is 3.70. The van der Waals surface area contributed by atoms with Gasteiger partial charge in [-0.15, -0.1) is 0 Å². The van der Waals surface area contributed by atoms with Crippen LogP contribution in [0.5, 0.6) is 0 Å². The van der Waals surface area contributed by atoms with Gasteiger partial charge in [-0.2, -0.15) is 0 Å². The number of non-ortho nitro benzene ring substituents is 1. The van der Waals surface area contributed by atoms with E-state index in [-0.39, 0.29) is 10.6 Å². The van der Waals surface area contributed by atoms with Crippen LogP contribution in [0.2, 0.25) is 0 Å². The number of nitro groups is 1. The van der Waals surface area contributed by atoms with Crippen LogP contribution in [-0.2, 0) is 0 Å². The highest BCUT2D eigenvalue weighted by Gasteiger charge is 2.16. The van der Waals surface area contributed by atoms with Gasteiger partial charge in [0.1, 0.15) is 0 Å². The second-order valence-corrected chi connectivity index (χ2v) is 4.70. The zero-order valence-electron chi connectivity index (χ0n) is 9.96. The number of nitro benzene ring substituents is 1. The van der Waals surface area contributed by atoms with Gasteiger partial charge in [0.15, 0.2) is 0 Å². The Hall–Kier alpha value is -2.68. The summed E-state index contributed by atoms with van der Waals surface area (Å²) in [7, 11) is 0. The Morgan fingerprint density at radius 1 is 0.737 bits per heavy atom. The molecule has 0 N–H and O–H groups in total. The lowest BCUT2D eigenvalue weighted by Crippen LogP contribution is -1.91. The van der Waals surface area contributed by atoms with E-state index in [0.717, 1.165) is 26.9 Å². The molecule has 4 rings (SSSR count). The van der Waals surface area contributed by atoms with E-state index in [2.05, 4.69) is 6.07 Å². The highest BCUT2D eigenvalue weighted by atomic mass is 16.9. The standard InChI is InChI=1S/C16H9NO2/c18-17(19)14-9-7-12-5-4-10-2-1-3-11-6-8-13(14)16(12)15(10)11/h1-9H/i17+1. The molecule has 4 aromatic rings. The molecule has 0 spiro atoms. The first kappa shape index (κ1) is 10.3. The molecule has 0 aromatic heterocycles. The van der Waals surface area contributed by atoms with Gasteiger partial charge in [-0.1, -0.05) is 36.4 Å². The van der Waals surface area contributed by atoms with Gasteiger partial charge in [0.05, 0.1) is 10.3 Å². The Labute approximate surface area is 108 Å². The monoisotopic (exact) mass is 248 g/mol. The molecule has 19 heavy (non-hydrogen) atoms. The van der Waals surface area contributed by atoms with Gasteiger partial charge in [-0.05, 0) is 33.7 Å². The van der Waals surface area contributed by atoms with Crippen molar-refractivity contribution in [2.45, 2.75) is 0 Å². The number of hydrogen-bond acceptors (Lipinski definition) is 2. The van der Waals surface area contributed by atoms with Crippen molar-refractivity contribution in [3.05, 3.63) is 64.7 Å². The third kappa shape index (κ3) is 1.27. The highest BCUT2D eigenvalue weighted by Crippen LogP contribution is 2.38. The summed E-state index contributed by atoms with van der Waals surface area (Å²) >= 11 is 0. The van der Waals surface area contributed by atoms with Gasteiger partial charge in [-0.25, -0.2) is 0 Å². The lowest BCUT2D eigenvalue weighted by molar-refractivity contribution is -0.383. The predicted molar refractivity (Wildman–Crippen MR) is 76.8 cm³/mol. The predicted octanol–water partition coefficient (Wildman–Crippen LogP) is 4.49. The average Bonchev–Trinajstić information content (AvgIpc) is 2.44. The normalized spacial score (nSPS) is 11.6. The highest BCUT2D eigenvalue weighted by molar-refractivity contribution is 6.24. The molecular weight excluding hydrogens is 239 g/mol. The van der Waals surface area contributed by atoms with Gasteiger partial charge in [-0.3, -0.25) is 10.1 Å². The van der Waals surface area contributed by atoms with E-state index in [0.29, 0.717) is 5.39 Å². The van der Waals surface area contributed by atoms with Crippen LogP contribution in [0.15, 0.2) is 54.6 Å². The first-order valence-electron chi connectivity index (χ1n) is 6.06. The van der Waals surface area contributed by atoms with Gasteiger partial charge < -0.3 is 0 Å². The third-order valence-corrected chi connectivity index (χ3v) is 3.70. The second-order valence-electron chi connectivity index (χ2n) is 4.70. The number of nitrogens with zero attached hydrogens (tertiary/aromatic N) is 1. The fourth-order valence-corrected chi connectivity index (χ4v) is 2.88. The Kier molecular flexibility index (Phi) is 1.85. The van der Waals surface area contributed by atoms with Crippen molar-refractivity contribution in [1.82, 2.24) is 0 Å². The molecule has 0 aliphatic carbocycles. The lowest BCUT2D eigenvalue weighted by Gasteiger charge is -2.10. The largest absolute Gasteiger partial charge is 0.277 e. The van der Waals surface area contributed by atoms with E-state index < -0.39 is 0 Å². The van der Waals surface area contributed by atoms with Gasteiger partial charge >= 0.3 is 0 Å². The van der Waals surface area contributed by atoms with Gasteiger partial charge in [0.2, 0.25) is 0 Å². The van der Waals surface area contributed by atoms with Crippen molar-refractivity contribution < 1.29 is 4.92 Å². The maximum Gasteiger partial charge on any atom is 0.277 e. The fraction of sp³-hybridized carbons (Fsp3) is 0. The van der Waals surface area contributed by atoms with Crippen molar-refractivity contribution in [2.75, 3.05) is 0 Å². The topological polar surface area (TPSA) is 43.1 Å². The molecule has 0 radical (unpaired) electrons. The molecule has 0 heterocycles. The molecule has 0 aliphatic rings. The Morgan fingerprint density at radius 3 is 2.00 bits per heavy atom. The Morgan fingerprint density at radius 2 is 1.32 bits per heavy atom. The van der Waals surface area contributed by atoms with E-state index in [1.807, 2.05) is 42.5 Å². The van der Waals surface area contributed by atoms with E-state index >= 15 is 0 Å². The van der Waals surface area contributed by atoms with E-state index in [1.54, 1.807) is 6.07 Å². The number of benzene rings is 4. The van der Waals surface area contributed by atoms with Crippen molar-refractivity contribution >= 4 is 38.0 Å². The molecule has 0 unspecified atom stereocenters. The molecule has 90 valence electrons. The Bertz CT molecular complexity index is 928. The molecule has 0 aliphatic heterocycles. The minimum Gasteiger partial charge on any atom is -0.258 e. The van der Waals surface area contributed by atoms with Crippen molar-refractivity contribution in [1.29, 1.82) is 0 Å². The molecular formula is C16H9NO2. The van der Waals surface area contributed by atoms with Crippen LogP contribution in [-0.4, -0.2) is 4.92 Å². The summed E-state index contributed by atoms with van der Waals surface area (Å²) in [5.41, 5.74) is 0.172. The molecule has 0 saturated carbocycles. The molecule has 0 saturated heterocycles. The average molecular weight is 248 g/mol. The molecule has 4 aromatic carbocycles. The summed E-state index contributed by atoms with van der Waals surface area (Å²) in [6.07, 6.45) is 0. The molecule has 0 atom stereocenters. The van der Waals surface area contributed by atoms with E-state index in [1.165, 1.54) is 0 Å². The van der Waals surface area contributed by atoms with Crippen LogP contribution in [0.25, 0.3) is 32.3 Å². The lowest BCUT2D eigenvalue weighted by atomic mass is 9.94. The summed E-state index contributed by atoms with van der Waals surface area (Å²) in [6, 6.07) is 17.4. The van der Waals surface area contributed by atoms with Crippen LogP contribution in [0.1, 0.15) is 0 Å². The van der Waals surface area contributed by atoms with Crippen LogP contribution < -0.4 is 0 Å². The van der Waals surface area contributed by atoms with E-state index in [4.69, 9.17) is 0 Å². The summed E-state index contributed by atoms with van der Waals surface area (Å²) in [4.78, 5) is 10.8. The quantitative estimate of drug-likeness (QED) is 0.215. The van der Waals surface area contributed by atoms with Crippen LogP contribution in [0.3, 0.4) is 0 Å². The second kappa shape index (κ2) is 3.42. The minimum atomic E-state index is -0.314. The zero-order valence-corrected chi connectivity index (χ0v) is 9.96.